The van der Waals surface area contributed by atoms with Gasteiger partial charge in [-0.3, -0.25) is 9.09 Å². The van der Waals surface area contributed by atoms with Crippen molar-refractivity contribution in [3.63, 3.8) is 0 Å². The summed E-state index contributed by atoms with van der Waals surface area (Å²) in [5.74, 6) is 0.194. The van der Waals surface area contributed by atoms with Crippen molar-refractivity contribution in [1.29, 1.82) is 0 Å². The van der Waals surface area contributed by atoms with Gasteiger partial charge in [0, 0.05) is 18.4 Å². The van der Waals surface area contributed by atoms with Crippen LogP contribution in [0.15, 0.2) is 6.20 Å². The van der Waals surface area contributed by atoms with Gasteiger partial charge in [-0.15, -0.1) is 0 Å². The molecule has 1 unspecified atom stereocenters. The summed E-state index contributed by atoms with van der Waals surface area (Å²) < 4.78 is 19.2. The molecule has 11 heteroatoms. The van der Waals surface area contributed by atoms with Gasteiger partial charge in [-0.25, -0.2) is 19.7 Å². The van der Waals surface area contributed by atoms with Crippen molar-refractivity contribution in [3.05, 3.63) is 22.1 Å². The smallest absolute Gasteiger partial charge is 0.342 e. The first-order chi connectivity index (χ1) is 9.93. The van der Waals surface area contributed by atoms with Crippen molar-refractivity contribution < 1.29 is 14.0 Å². The molecular weight excluding hydrogens is 365 g/mol. The molecule has 2 N–H and O–H groups in total. The minimum absolute atomic E-state index is 0.0897. The van der Waals surface area contributed by atoms with Gasteiger partial charge in [0.15, 0.2) is 0 Å². The zero-order valence-electron chi connectivity index (χ0n) is 11.9. The van der Waals surface area contributed by atoms with E-state index in [1.165, 1.54) is 11.6 Å². The number of aromatic nitrogens is 2. The van der Waals surface area contributed by atoms with Gasteiger partial charge in [0.1, 0.15) is 12.8 Å². The summed E-state index contributed by atoms with van der Waals surface area (Å²) in [5.41, 5.74) is 0. The number of hydrogen-bond acceptors (Lipinski definition) is 5. The van der Waals surface area contributed by atoms with Crippen molar-refractivity contribution in [2.24, 2.45) is 7.05 Å². The van der Waals surface area contributed by atoms with Crippen LogP contribution in [-0.4, -0.2) is 32.9 Å². The number of alkyl halides is 1. The number of nitrogens with zero attached hydrogens (tertiary/aromatic N) is 3. The largest absolute Gasteiger partial charge is 0.358 e. The van der Waals surface area contributed by atoms with E-state index in [9.17, 15) is 14.7 Å². The first-order valence-corrected chi connectivity index (χ1v) is 9.14. The lowest BCUT2D eigenvalue weighted by Gasteiger charge is -2.19. The van der Waals surface area contributed by atoms with Crippen molar-refractivity contribution in [3.8, 4) is 0 Å². The van der Waals surface area contributed by atoms with E-state index in [0.717, 1.165) is 12.6 Å². The molecule has 0 aliphatic carbocycles. The highest BCUT2D eigenvalue weighted by atomic mass is 79.9. The minimum Gasteiger partial charge on any atom is -0.358 e. The van der Waals surface area contributed by atoms with Gasteiger partial charge in [-0.1, -0.05) is 22.9 Å². The minimum atomic E-state index is -3.21. The Labute approximate surface area is 131 Å². The molecule has 1 atom stereocenters. The molecule has 0 spiro atoms. The first kappa shape index (κ1) is 18.2. The predicted octanol–water partition coefficient (Wildman–Crippen LogP) is 1.94. The maximum atomic E-state index is 12.5. The number of hydrogen-bond donors (Lipinski definition) is 2. The van der Waals surface area contributed by atoms with E-state index in [2.05, 4.69) is 31.1 Å². The van der Waals surface area contributed by atoms with Crippen LogP contribution in [0.4, 0.5) is 5.82 Å². The summed E-state index contributed by atoms with van der Waals surface area (Å²) in [4.78, 5) is 14.1. The molecule has 0 aromatic carbocycles. The molecular formula is C10H19BrN5O4P. The van der Waals surface area contributed by atoms with E-state index in [-0.39, 0.29) is 12.4 Å². The number of halogens is 1. The van der Waals surface area contributed by atoms with Crippen LogP contribution >= 0.6 is 23.6 Å². The van der Waals surface area contributed by atoms with Gasteiger partial charge in [-0.2, -0.15) is 0 Å². The van der Waals surface area contributed by atoms with Crippen LogP contribution in [0.25, 0.3) is 0 Å². The van der Waals surface area contributed by atoms with Crippen LogP contribution in [0.2, 0.25) is 0 Å². The topological polar surface area (TPSA) is 111 Å². The van der Waals surface area contributed by atoms with Gasteiger partial charge in [0.25, 0.3) is 0 Å². The van der Waals surface area contributed by atoms with Gasteiger partial charge in [-0.05, 0) is 11.3 Å². The fraction of sp³-hybridized carbons (Fsp3) is 0.700. The Bertz CT molecular complexity index is 512. The highest BCUT2D eigenvalue weighted by molar-refractivity contribution is 9.09. The summed E-state index contributed by atoms with van der Waals surface area (Å²) in [6.07, 6.45) is 1.95. The summed E-state index contributed by atoms with van der Waals surface area (Å²) in [6, 6.07) is 0. The molecule has 0 amide bonds. The molecule has 0 radical (unpaired) electrons. The molecule has 1 aromatic rings. The molecule has 21 heavy (non-hydrogen) atoms. The molecule has 0 aliphatic rings. The third kappa shape index (κ3) is 5.48. The third-order valence-electron chi connectivity index (χ3n) is 2.61. The molecule has 9 nitrogen and oxygen atoms in total. The van der Waals surface area contributed by atoms with Crippen LogP contribution in [0.5, 0.6) is 0 Å². The van der Waals surface area contributed by atoms with Gasteiger partial charge in [0.2, 0.25) is 5.82 Å². The van der Waals surface area contributed by atoms with E-state index in [4.69, 9.17) is 4.52 Å². The Balaban J connectivity index is 2.72. The lowest BCUT2D eigenvalue weighted by Crippen LogP contribution is -2.26. The van der Waals surface area contributed by atoms with Crippen LogP contribution < -0.4 is 10.2 Å². The van der Waals surface area contributed by atoms with Gasteiger partial charge in [0.05, 0.1) is 7.05 Å². The molecule has 0 bridgehead atoms. The molecule has 0 saturated heterocycles. The quantitative estimate of drug-likeness (QED) is 0.274. The average molecular weight is 384 g/mol. The SMILES string of the molecule is CCCNP(=O)(NCCBr)OCc1ncc([N+](=O)[O-])n1C. The second-order valence-electron chi connectivity index (χ2n) is 4.18. The molecule has 1 rings (SSSR count). The maximum absolute atomic E-state index is 12.5. The van der Waals surface area contributed by atoms with E-state index >= 15 is 0 Å². The Morgan fingerprint density at radius 1 is 1.52 bits per heavy atom. The van der Waals surface area contributed by atoms with Crippen molar-refractivity contribution >= 4 is 29.4 Å². The van der Waals surface area contributed by atoms with Crippen molar-refractivity contribution in [2.75, 3.05) is 18.4 Å². The summed E-state index contributed by atoms with van der Waals surface area (Å²) >= 11 is 3.24. The first-order valence-electron chi connectivity index (χ1n) is 6.39. The second kappa shape index (κ2) is 8.60. The van der Waals surface area contributed by atoms with Crippen LogP contribution in [-0.2, 0) is 22.7 Å². The molecule has 1 aromatic heterocycles. The molecule has 1 heterocycles. The third-order valence-corrected chi connectivity index (χ3v) is 4.78. The second-order valence-corrected chi connectivity index (χ2v) is 6.97. The summed E-state index contributed by atoms with van der Waals surface area (Å²) in [5, 5.41) is 17.0. The maximum Gasteiger partial charge on any atom is 0.342 e. The lowest BCUT2D eigenvalue weighted by atomic mass is 10.5. The van der Waals surface area contributed by atoms with Gasteiger partial charge < -0.3 is 10.1 Å². The molecule has 0 saturated carbocycles. The van der Waals surface area contributed by atoms with Crippen LogP contribution in [0.1, 0.15) is 19.2 Å². The standard InChI is InChI=1S/C10H19BrN5O4P/c1-3-5-13-21(19,14-6-4-11)20-8-9-12-7-10(15(9)2)16(17)18/h7H,3-6,8H2,1-2H3,(H2,13,14,19). The van der Waals surface area contributed by atoms with E-state index in [1.54, 1.807) is 0 Å². The van der Waals surface area contributed by atoms with Crippen molar-refractivity contribution in [1.82, 2.24) is 19.7 Å². The summed E-state index contributed by atoms with van der Waals surface area (Å²) in [7, 11) is -1.69. The monoisotopic (exact) mass is 383 g/mol. The van der Waals surface area contributed by atoms with Crippen LogP contribution in [0, 0.1) is 10.1 Å². The average Bonchev–Trinajstić information content (AvgIpc) is 2.82. The Morgan fingerprint density at radius 2 is 2.19 bits per heavy atom. The number of nitrogens with one attached hydrogen (secondary N) is 2. The van der Waals surface area contributed by atoms with E-state index < -0.39 is 12.6 Å². The molecule has 0 aliphatic heterocycles. The number of rotatable bonds is 10. The molecule has 0 fully saturated rings. The predicted molar refractivity (Wildman–Crippen MR) is 82.3 cm³/mol. The Kier molecular flexibility index (Phi) is 7.47. The highest BCUT2D eigenvalue weighted by Gasteiger charge is 2.24. The Hall–Kier alpha value is -0.800. The molecule has 120 valence electrons. The summed E-state index contributed by atoms with van der Waals surface area (Å²) in [6.45, 7) is 2.86. The zero-order valence-corrected chi connectivity index (χ0v) is 14.4. The fourth-order valence-electron chi connectivity index (χ4n) is 1.49. The van der Waals surface area contributed by atoms with Crippen molar-refractivity contribution in [2.45, 2.75) is 20.0 Å². The highest BCUT2D eigenvalue weighted by Crippen LogP contribution is 2.38. The fourth-order valence-corrected chi connectivity index (χ4v) is 3.51. The van der Waals surface area contributed by atoms with E-state index in [1.807, 2.05) is 6.92 Å². The number of imidazole rings is 1. The normalized spacial score (nSPS) is 14.0. The Morgan fingerprint density at radius 3 is 2.71 bits per heavy atom. The van der Waals surface area contributed by atoms with E-state index in [0.29, 0.717) is 24.2 Å². The number of nitro groups is 1. The zero-order chi connectivity index (χ0) is 15.9. The van der Waals surface area contributed by atoms with Gasteiger partial charge >= 0.3 is 13.5 Å². The lowest BCUT2D eigenvalue weighted by molar-refractivity contribution is -0.391. The van der Waals surface area contributed by atoms with Crippen LogP contribution in [0.3, 0.4) is 0 Å².